The van der Waals surface area contributed by atoms with Gasteiger partial charge in [-0.05, 0) is 58.4 Å². The van der Waals surface area contributed by atoms with Gasteiger partial charge in [-0.1, -0.05) is 6.92 Å². The maximum atomic E-state index is 12.9. The first-order valence-electron chi connectivity index (χ1n) is 9.97. The molecule has 0 aliphatic heterocycles. The predicted octanol–water partition coefficient (Wildman–Crippen LogP) is 2.88. The van der Waals surface area contributed by atoms with Crippen LogP contribution in [0.5, 0.6) is 0 Å². The zero-order valence-corrected chi connectivity index (χ0v) is 17.9. The normalized spacial score (nSPS) is 17.0. The highest BCUT2D eigenvalue weighted by Crippen LogP contribution is 2.38. The van der Waals surface area contributed by atoms with E-state index in [1.165, 1.54) is 19.5 Å². The quantitative estimate of drug-likeness (QED) is 0.674. The summed E-state index contributed by atoms with van der Waals surface area (Å²) in [4.78, 5) is 34.3. The Labute approximate surface area is 168 Å². The van der Waals surface area contributed by atoms with Crippen molar-refractivity contribution in [3.63, 3.8) is 0 Å². The molecule has 0 aromatic carbocycles. The van der Waals surface area contributed by atoms with E-state index >= 15 is 0 Å². The van der Waals surface area contributed by atoms with Crippen molar-refractivity contribution in [1.29, 1.82) is 0 Å². The number of thiophene rings is 1. The minimum atomic E-state index is -0.311. The van der Waals surface area contributed by atoms with Crippen molar-refractivity contribution in [2.45, 2.75) is 72.5 Å². The highest BCUT2D eigenvalue weighted by molar-refractivity contribution is 7.19. The van der Waals surface area contributed by atoms with Gasteiger partial charge in [0.25, 0.3) is 0 Å². The molecule has 1 atom stereocenters. The molecule has 0 radical (unpaired) electrons. The lowest BCUT2D eigenvalue weighted by molar-refractivity contribution is -0.135. The number of carbonyl (C=O) groups is 1. The van der Waals surface area contributed by atoms with E-state index in [-0.39, 0.29) is 30.2 Å². The third kappa shape index (κ3) is 3.03. The highest BCUT2D eigenvalue weighted by Gasteiger charge is 2.26. The Balaban J connectivity index is 1.79. The number of aromatic nitrogens is 4. The van der Waals surface area contributed by atoms with Gasteiger partial charge in [0.2, 0.25) is 5.91 Å². The van der Waals surface area contributed by atoms with Gasteiger partial charge in [0.15, 0.2) is 5.65 Å². The number of nitrogens with zero attached hydrogens (tertiary/aromatic N) is 5. The van der Waals surface area contributed by atoms with Crippen LogP contribution in [-0.2, 0) is 24.2 Å². The first-order valence-corrected chi connectivity index (χ1v) is 10.8. The summed E-state index contributed by atoms with van der Waals surface area (Å²) in [6.07, 6.45) is 4.74. The first kappa shape index (κ1) is 19.1. The number of amides is 1. The number of aryl methyl sites for hydroxylation is 1. The van der Waals surface area contributed by atoms with Crippen LogP contribution in [0, 0.1) is 5.92 Å². The summed E-state index contributed by atoms with van der Waals surface area (Å²) in [6.45, 7) is 10.2. The third-order valence-corrected chi connectivity index (χ3v) is 6.73. The molecular formula is C20H27N5O2S. The monoisotopic (exact) mass is 401 g/mol. The Kier molecular flexibility index (Phi) is 4.77. The van der Waals surface area contributed by atoms with Crippen molar-refractivity contribution >= 4 is 33.1 Å². The lowest BCUT2D eigenvalue weighted by Gasteiger charge is -2.30. The second-order valence-corrected chi connectivity index (χ2v) is 9.48. The molecule has 4 rings (SSSR count). The summed E-state index contributed by atoms with van der Waals surface area (Å²) in [5.41, 5.74) is 1.59. The largest absolute Gasteiger partial charge is 0.352 e. The Bertz CT molecular complexity index is 1100. The summed E-state index contributed by atoms with van der Waals surface area (Å²) >= 11 is 1.71. The van der Waals surface area contributed by atoms with Gasteiger partial charge in [-0.3, -0.25) is 4.79 Å². The van der Waals surface area contributed by atoms with Crippen LogP contribution in [0.2, 0.25) is 0 Å². The molecule has 3 heterocycles. The fourth-order valence-corrected chi connectivity index (χ4v) is 5.69. The van der Waals surface area contributed by atoms with Crippen LogP contribution in [0.1, 0.15) is 51.5 Å². The summed E-state index contributed by atoms with van der Waals surface area (Å²) < 4.78 is 2.77. The van der Waals surface area contributed by atoms with Gasteiger partial charge in [-0.15, -0.1) is 16.4 Å². The standard InChI is InChI=1S/C20H27N5O2S/c1-11(2)25(12(3)4)16(26)9-24-20(27)23-10-21-19-17(18(23)22-24)14-7-6-13(5)8-15(14)28-19/h10-13H,6-9H2,1-5H3/t13-/m1/s1. The molecule has 1 aliphatic carbocycles. The topological polar surface area (TPSA) is 72.5 Å². The molecule has 0 saturated heterocycles. The van der Waals surface area contributed by atoms with Gasteiger partial charge in [-0.2, -0.15) is 0 Å². The van der Waals surface area contributed by atoms with Crippen LogP contribution in [0.4, 0.5) is 0 Å². The van der Waals surface area contributed by atoms with E-state index in [0.717, 1.165) is 29.5 Å². The van der Waals surface area contributed by atoms with E-state index in [1.807, 2.05) is 27.7 Å². The number of hydrogen-bond donors (Lipinski definition) is 0. The number of rotatable bonds is 4. The molecule has 3 aromatic rings. The smallest absolute Gasteiger partial charge is 0.336 e. The molecule has 0 N–H and O–H groups in total. The van der Waals surface area contributed by atoms with E-state index in [1.54, 1.807) is 22.6 Å². The fourth-order valence-electron chi connectivity index (χ4n) is 4.35. The summed E-state index contributed by atoms with van der Waals surface area (Å²) in [5.74, 6) is 0.577. The summed E-state index contributed by atoms with van der Waals surface area (Å²) in [7, 11) is 0. The fraction of sp³-hybridized carbons (Fsp3) is 0.600. The summed E-state index contributed by atoms with van der Waals surface area (Å²) in [6, 6.07) is 0.138. The minimum Gasteiger partial charge on any atom is -0.336 e. The average molecular weight is 402 g/mol. The molecule has 3 aromatic heterocycles. The average Bonchev–Trinajstić information content (AvgIpc) is 3.11. The second kappa shape index (κ2) is 6.99. The van der Waals surface area contributed by atoms with Crippen molar-refractivity contribution in [1.82, 2.24) is 24.1 Å². The Hall–Kier alpha value is -2.22. The van der Waals surface area contributed by atoms with Gasteiger partial charge < -0.3 is 4.90 Å². The molecule has 7 nitrogen and oxygen atoms in total. The molecule has 0 bridgehead atoms. The van der Waals surface area contributed by atoms with Crippen LogP contribution >= 0.6 is 11.3 Å². The summed E-state index contributed by atoms with van der Waals surface area (Å²) in [5, 5.41) is 5.56. The molecule has 0 spiro atoms. The lowest BCUT2D eigenvalue weighted by atomic mass is 9.89. The zero-order chi connectivity index (χ0) is 20.2. The molecule has 0 fully saturated rings. The van der Waals surface area contributed by atoms with Crippen molar-refractivity contribution < 1.29 is 4.79 Å². The van der Waals surface area contributed by atoms with Crippen molar-refractivity contribution in [3.8, 4) is 0 Å². The van der Waals surface area contributed by atoms with E-state index in [4.69, 9.17) is 0 Å². The Morgan fingerprint density at radius 3 is 2.71 bits per heavy atom. The maximum Gasteiger partial charge on any atom is 0.352 e. The lowest BCUT2D eigenvalue weighted by Crippen LogP contribution is -2.44. The Morgan fingerprint density at radius 1 is 1.32 bits per heavy atom. The van der Waals surface area contributed by atoms with Gasteiger partial charge in [0.05, 0.1) is 5.39 Å². The van der Waals surface area contributed by atoms with Gasteiger partial charge in [0.1, 0.15) is 17.7 Å². The van der Waals surface area contributed by atoms with Crippen LogP contribution < -0.4 is 5.69 Å². The van der Waals surface area contributed by atoms with Crippen LogP contribution in [0.15, 0.2) is 11.1 Å². The van der Waals surface area contributed by atoms with Gasteiger partial charge >= 0.3 is 5.69 Å². The second-order valence-electron chi connectivity index (χ2n) is 8.40. The first-order chi connectivity index (χ1) is 13.3. The van der Waals surface area contributed by atoms with E-state index in [2.05, 4.69) is 17.0 Å². The maximum absolute atomic E-state index is 12.9. The van der Waals surface area contributed by atoms with Crippen molar-refractivity contribution in [2.75, 3.05) is 0 Å². The van der Waals surface area contributed by atoms with E-state index < -0.39 is 0 Å². The number of carbonyl (C=O) groups excluding carboxylic acids is 1. The molecule has 1 aliphatic rings. The predicted molar refractivity (Wildman–Crippen MR) is 111 cm³/mol. The molecule has 1 amide bonds. The highest BCUT2D eigenvalue weighted by atomic mass is 32.1. The van der Waals surface area contributed by atoms with E-state index in [9.17, 15) is 9.59 Å². The van der Waals surface area contributed by atoms with Gasteiger partial charge in [-0.25, -0.2) is 18.9 Å². The van der Waals surface area contributed by atoms with E-state index in [0.29, 0.717) is 11.6 Å². The van der Waals surface area contributed by atoms with Crippen LogP contribution in [-0.4, -0.2) is 42.1 Å². The molecule has 0 saturated carbocycles. The van der Waals surface area contributed by atoms with Crippen molar-refractivity contribution in [2.24, 2.45) is 5.92 Å². The molecule has 28 heavy (non-hydrogen) atoms. The zero-order valence-electron chi connectivity index (χ0n) is 17.1. The van der Waals surface area contributed by atoms with Gasteiger partial charge in [0, 0.05) is 17.0 Å². The van der Waals surface area contributed by atoms with Crippen LogP contribution in [0.25, 0.3) is 15.9 Å². The number of hydrogen-bond acceptors (Lipinski definition) is 5. The van der Waals surface area contributed by atoms with Crippen molar-refractivity contribution in [3.05, 3.63) is 27.3 Å². The third-order valence-electron chi connectivity index (χ3n) is 5.56. The minimum absolute atomic E-state index is 0.0538. The molecule has 8 heteroatoms. The Morgan fingerprint density at radius 2 is 2.04 bits per heavy atom. The molecular weight excluding hydrogens is 374 g/mol. The van der Waals surface area contributed by atoms with Crippen LogP contribution in [0.3, 0.4) is 0 Å². The molecule has 150 valence electrons. The SMILES string of the molecule is CC(C)N(C(=O)Cn1nc2c3c4c(sc3ncn2c1=O)C[C@H](C)CC4)C(C)C. The molecule has 0 unspecified atom stereocenters. The number of fused-ring (bicyclic) bond motifs is 5.